The number of aromatic nitrogens is 1. The molecule has 5 heterocycles. The predicted molar refractivity (Wildman–Crippen MR) is 198 cm³/mol. The maximum Gasteiger partial charge on any atom is 0.318 e. The highest BCUT2D eigenvalue weighted by Crippen LogP contribution is 2.40. The summed E-state index contributed by atoms with van der Waals surface area (Å²) in [5.74, 6) is -1.85. The quantitative estimate of drug-likeness (QED) is 0.193. The van der Waals surface area contributed by atoms with Gasteiger partial charge in [0.2, 0.25) is 5.90 Å². The van der Waals surface area contributed by atoms with Crippen molar-refractivity contribution in [2.24, 2.45) is 28.2 Å². The van der Waals surface area contributed by atoms with Gasteiger partial charge in [-0.3, -0.25) is 14.4 Å². The fourth-order valence-electron chi connectivity index (χ4n) is 7.22. The smallest absolute Gasteiger partial charge is 0.318 e. The van der Waals surface area contributed by atoms with E-state index in [1.807, 2.05) is 44.2 Å². The van der Waals surface area contributed by atoms with E-state index in [0.717, 1.165) is 28.8 Å². The number of fused-ring (bicyclic) bond motifs is 6. The SMILES string of the molecule is COC/C=C/C(C)=C1\CO[C@H](CC(C)C)\C1=C/[C@@H]1N=C2O[C@H]1COC(=O)[C@@H](CC(C)C)CC(=O)O[C@@H]1[C@@H](OC(=O)[C@@]1(C)CO)/C(C)=C\Cc1ccc2[nH]1. The van der Waals surface area contributed by atoms with Gasteiger partial charge in [-0.2, -0.15) is 0 Å². The lowest BCUT2D eigenvalue weighted by molar-refractivity contribution is -0.164. The Kier molecular flexibility index (Phi) is 13.2. The van der Waals surface area contributed by atoms with Gasteiger partial charge in [0.05, 0.1) is 38.3 Å². The summed E-state index contributed by atoms with van der Waals surface area (Å²) in [6, 6.07) is 3.32. The standard InChI is InChI=1S/C41H56N2O10/c1-23(2)16-27-18-35(45)52-37-36(53-40(47)41(37,7)22-44)26(6)11-12-28-13-14-31(42-28)38-43-32(34(51-38)21-50-39(27)46)19-29-30(25(5)10-9-15-48-8)20-49-33(29)17-24(3)4/h9-11,13-14,19,23-24,27,32-34,36-37,42,44H,12,15-18,20-22H2,1-8H3/b10-9+,26-11-,29-19-,30-25+/t27-,32-,33+,34-,36-,37+,41-/m0/s1. The van der Waals surface area contributed by atoms with Crippen LogP contribution in [-0.2, 0) is 49.2 Å². The minimum absolute atomic E-state index is 0.0686. The van der Waals surface area contributed by atoms with Crippen molar-refractivity contribution in [3.63, 3.8) is 0 Å². The molecule has 0 unspecified atom stereocenters. The minimum atomic E-state index is -1.46. The van der Waals surface area contributed by atoms with E-state index in [9.17, 15) is 19.5 Å². The molecular weight excluding hydrogens is 680 g/mol. The Hall–Kier alpha value is -4.00. The first-order valence-corrected chi connectivity index (χ1v) is 18.7. The summed E-state index contributed by atoms with van der Waals surface area (Å²) in [4.78, 5) is 48.7. The summed E-state index contributed by atoms with van der Waals surface area (Å²) < 4.78 is 35.6. The van der Waals surface area contributed by atoms with Crippen LogP contribution >= 0.6 is 0 Å². The first-order chi connectivity index (χ1) is 25.2. The summed E-state index contributed by atoms with van der Waals surface area (Å²) in [5.41, 5.74) is 3.92. The molecule has 4 aliphatic heterocycles. The van der Waals surface area contributed by atoms with Crippen LogP contribution in [0, 0.1) is 23.2 Å². The Bertz CT molecular complexity index is 1670. The second kappa shape index (κ2) is 17.4. The molecule has 5 rings (SSSR count). The molecule has 7 atom stereocenters. The highest BCUT2D eigenvalue weighted by Gasteiger charge is 2.57. The number of aliphatic hydroxyl groups excluding tert-OH is 1. The molecule has 0 aliphatic carbocycles. The molecule has 2 fully saturated rings. The van der Waals surface area contributed by atoms with Gasteiger partial charge in [0.25, 0.3) is 0 Å². The van der Waals surface area contributed by atoms with Gasteiger partial charge in [-0.25, -0.2) is 4.99 Å². The summed E-state index contributed by atoms with van der Waals surface area (Å²) in [5, 5.41) is 10.3. The molecule has 0 radical (unpaired) electrons. The fourth-order valence-corrected chi connectivity index (χ4v) is 7.22. The lowest BCUT2D eigenvalue weighted by Gasteiger charge is -2.28. The van der Waals surface area contributed by atoms with Crippen molar-refractivity contribution in [1.82, 2.24) is 4.98 Å². The Morgan fingerprint density at radius 1 is 1.11 bits per heavy atom. The molecule has 1 aromatic heterocycles. The molecular formula is C41H56N2O10. The minimum Gasteiger partial charge on any atom is -0.467 e. The fraction of sp³-hybridized carbons (Fsp3) is 0.610. The van der Waals surface area contributed by atoms with Gasteiger partial charge >= 0.3 is 17.9 Å². The van der Waals surface area contributed by atoms with Crippen LogP contribution in [0.5, 0.6) is 0 Å². The number of hydrogen-bond acceptors (Lipinski definition) is 11. The number of hydrogen-bond donors (Lipinski definition) is 2. The van der Waals surface area contributed by atoms with Gasteiger partial charge in [0.1, 0.15) is 23.8 Å². The van der Waals surface area contributed by atoms with Crippen LogP contribution in [0.2, 0.25) is 0 Å². The van der Waals surface area contributed by atoms with Crippen LogP contribution in [0.1, 0.15) is 79.1 Å². The van der Waals surface area contributed by atoms with E-state index in [2.05, 4.69) is 31.8 Å². The van der Waals surface area contributed by atoms with Crippen LogP contribution in [0.15, 0.2) is 63.7 Å². The number of rotatable bonds is 9. The van der Waals surface area contributed by atoms with E-state index in [4.69, 9.17) is 33.4 Å². The van der Waals surface area contributed by atoms with Crippen LogP contribution in [0.25, 0.3) is 0 Å². The largest absolute Gasteiger partial charge is 0.467 e. The molecule has 290 valence electrons. The van der Waals surface area contributed by atoms with Gasteiger partial charge < -0.3 is 38.5 Å². The lowest BCUT2D eigenvalue weighted by atomic mass is 9.83. The number of carbonyl (C=O) groups excluding carboxylic acids is 3. The number of carbonyl (C=O) groups is 3. The van der Waals surface area contributed by atoms with E-state index in [1.54, 1.807) is 14.0 Å². The Morgan fingerprint density at radius 2 is 1.87 bits per heavy atom. The molecule has 12 heteroatoms. The number of aliphatic imine (C=N–C) groups is 1. The van der Waals surface area contributed by atoms with Gasteiger partial charge in [-0.1, -0.05) is 45.9 Å². The molecule has 1 aromatic rings. The Balaban J connectivity index is 1.53. The van der Waals surface area contributed by atoms with Crippen LogP contribution in [0.4, 0.5) is 0 Å². The summed E-state index contributed by atoms with van der Waals surface area (Å²) in [6.45, 7) is 13.9. The van der Waals surface area contributed by atoms with Crippen molar-refractivity contribution in [3.8, 4) is 0 Å². The number of nitrogens with zero attached hydrogens (tertiary/aromatic N) is 1. The van der Waals surface area contributed by atoms with Crippen molar-refractivity contribution in [1.29, 1.82) is 0 Å². The van der Waals surface area contributed by atoms with Crippen LogP contribution in [0.3, 0.4) is 0 Å². The van der Waals surface area contributed by atoms with Crippen LogP contribution in [-0.4, -0.2) is 97.9 Å². The number of H-pyrrole nitrogens is 1. The van der Waals surface area contributed by atoms with Gasteiger partial charge in [-0.05, 0) is 85.9 Å². The second-order valence-electron chi connectivity index (χ2n) is 15.7. The number of methoxy groups -OCH3 is 1. The average molecular weight is 737 g/mol. The van der Waals surface area contributed by atoms with E-state index in [0.29, 0.717) is 49.1 Å². The van der Waals surface area contributed by atoms with E-state index < -0.39 is 60.2 Å². The number of cyclic esters (lactones) is 1. The first kappa shape index (κ1) is 40.2. The van der Waals surface area contributed by atoms with E-state index in [-0.39, 0.29) is 25.0 Å². The van der Waals surface area contributed by atoms with Gasteiger partial charge in [-0.15, -0.1) is 0 Å². The summed E-state index contributed by atoms with van der Waals surface area (Å²) in [7, 11) is 1.66. The molecule has 4 bridgehead atoms. The molecule has 0 spiro atoms. The lowest BCUT2D eigenvalue weighted by Crippen LogP contribution is -2.43. The zero-order chi connectivity index (χ0) is 38.4. The number of esters is 3. The third-order valence-corrected chi connectivity index (χ3v) is 10.3. The molecule has 0 aromatic carbocycles. The van der Waals surface area contributed by atoms with Crippen molar-refractivity contribution in [2.45, 2.75) is 105 Å². The maximum absolute atomic E-state index is 13.8. The Morgan fingerprint density at radius 3 is 2.57 bits per heavy atom. The number of aliphatic hydroxyl groups is 1. The first-order valence-electron chi connectivity index (χ1n) is 18.7. The maximum atomic E-state index is 13.8. The highest BCUT2D eigenvalue weighted by atomic mass is 16.6. The molecule has 2 N–H and O–H groups in total. The van der Waals surface area contributed by atoms with Crippen molar-refractivity contribution >= 4 is 23.8 Å². The van der Waals surface area contributed by atoms with Gasteiger partial charge in [0, 0.05) is 19.2 Å². The number of nitrogens with one attached hydrogen (secondary N) is 1. The molecule has 2 saturated heterocycles. The van der Waals surface area contributed by atoms with Crippen molar-refractivity contribution in [3.05, 3.63) is 70.1 Å². The average Bonchev–Trinajstić information content (AvgIpc) is 3.89. The normalized spacial score (nSPS) is 32.5. The molecule has 0 saturated carbocycles. The third-order valence-electron chi connectivity index (χ3n) is 10.3. The topological polar surface area (TPSA) is 155 Å². The number of aromatic amines is 1. The molecule has 4 aliphatic rings. The number of ether oxygens (including phenoxy) is 6. The van der Waals surface area contributed by atoms with E-state index in [1.165, 1.54) is 6.92 Å². The monoisotopic (exact) mass is 736 g/mol. The molecule has 0 amide bonds. The number of allylic oxidation sites excluding steroid dienone is 3. The van der Waals surface area contributed by atoms with Crippen molar-refractivity contribution in [2.75, 3.05) is 33.5 Å². The molecule has 12 nitrogen and oxygen atoms in total. The zero-order valence-electron chi connectivity index (χ0n) is 32.3. The second-order valence-corrected chi connectivity index (χ2v) is 15.7. The molecule has 53 heavy (non-hydrogen) atoms. The van der Waals surface area contributed by atoms with E-state index >= 15 is 0 Å². The predicted octanol–water partition coefficient (Wildman–Crippen LogP) is 5.35. The Labute approximate surface area is 312 Å². The summed E-state index contributed by atoms with van der Waals surface area (Å²) in [6.07, 6.45) is 6.64. The van der Waals surface area contributed by atoms with Crippen molar-refractivity contribution < 1.29 is 47.9 Å². The zero-order valence-corrected chi connectivity index (χ0v) is 32.3. The third kappa shape index (κ3) is 9.39. The highest BCUT2D eigenvalue weighted by molar-refractivity contribution is 5.94. The van der Waals surface area contributed by atoms with Gasteiger partial charge in [0.15, 0.2) is 18.3 Å². The van der Waals surface area contributed by atoms with Crippen LogP contribution < -0.4 is 0 Å². The summed E-state index contributed by atoms with van der Waals surface area (Å²) >= 11 is 0.